The number of fused-ring (bicyclic) bond motifs is 2. The monoisotopic (exact) mass is 235 g/mol. The van der Waals surface area contributed by atoms with E-state index in [1.165, 1.54) is 12.1 Å². The largest absolute Gasteiger partial charge is 0.327 e. The lowest BCUT2D eigenvalue weighted by Gasteiger charge is -2.22. The third kappa shape index (κ3) is 1.33. The second-order valence-electron chi connectivity index (χ2n) is 3.80. The number of non-ortho nitro benzene ring substituents is 1. The summed E-state index contributed by atoms with van der Waals surface area (Å²) in [6, 6.07) is 4.30. The van der Waals surface area contributed by atoms with Gasteiger partial charge in [0.1, 0.15) is 5.84 Å². The molecule has 1 aromatic carbocycles. The summed E-state index contributed by atoms with van der Waals surface area (Å²) in [7, 11) is 0. The van der Waals surface area contributed by atoms with Gasteiger partial charge in [-0.3, -0.25) is 15.5 Å². The molecular formula is C10H9N3O4. The summed E-state index contributed by atoms with van der Waals surface area (Å²) >= 11 is 0. The van der Waals surface area contributed by atoms with Gasteiger partial charge in [0.05, 0.1) is 18.1 Å². The van der Waals surface area contributed by atoms with Crippen molar-refractivity contribution in [2.24, 2.45) is 0 Å². The van der Waals surface area contributed by atoms with Crippen LogP contribution in [-0.4, -0.2) is 24.0 Å². The van der Waals surface area contributed by atoms with Crippen molar-refractivity contribution in [3.05, 3.63) is 39.4 Å². The highest BCUT2D eigenvalue weighted by Gasteiger charge is 2.47. The van der Waals surface area contributed by atoms with Gasteiger partial charge in [0.2, 0.25) is 0 Å². The van der Waals surface area contributed by atoms with E-state index in [9.17, 15) is 10.1 Å². The molecular weight excluding hydrogens is 226 g/mol. The molecule has 3 rings (SSSR count). The number of hydrogen-bond acceptors (Lipinski definition) is 5. The zero-order chi connectivity index (χ0) is 12.0. The molecule has 1 fully saturated rings. The maximum absolute atomic E-state index is 10.7. The first-order valence-corrected chi connectivity index (χ1v) is 5.06. The number of hydrogen-bond donors (Lipinski definition) is 2. The smallest absolute Gasteiger partial charge is 0.279 e. The molecule has 2 heterocycles. The third-order valence-electron chi connectivity index (χ3n) is 2.82. The fourth-order valence-electron chi connectivity index (χ4n) is 2.08. The van der Waals surface area contributed by atoms with E-state index in [1.54, 1.807) is 6.07 Å². The molecule has 88 valence electrons. The van der Waals surface area contributed by atoms with Crippen LogP contribution in [0.4, 0.5) is 5.69 Å². The standard InChI is InChI=1S/C10H9N3O4/c11-9-7-5-6(13(14)15)1-2-8(7)10(12-9)16-3-4-17-10/h1-2,5H,3-4H2,(H2,11,12). The molecule has 17 heavy (non-hydrogen) atoms. The fourth-order valence-corrected chi connectivity index (χ4v) is 2.08. The molecule has 0 saturated carbocycles. The maximum Gasteiger partial charge on any atom is 0.279 e. The van der Waals surface area contributed by atoms with Crippen molar-refractivity contribution in [3.8, 4) is 0 Å². The highest BCUT2D eigenvalue weighted by atomic mass is 16.8. The Kier molecular flexibility index (Phi) is 1.95. The van der Waals surface area contributed by atoms with Crippen LogP contribution >= 0.6 is 0 Å². The lowest BCUT2D eigenvalue weighted by molar-refractivity contribution is -0.384. The molecule has 7 heteroatoms. The minimum atomic E-state index is -1.12. The summed E-state index contributed by atoms with van der Waals surface area (Å²) < 4.78 is 10.9. The van der Waals surface area contributed by atoms with Crippen molar-refractivity contribution in [3.63, 3.8) is 0 Å². The van der Waals surface area contributed by atoms with E-state index >= 15 is 0 Å². The first kappa shape index (κ1) is 10.2. The van der Waals surface area contributed by atoms with Crippen LogP contribution in [0.15, 0.2) is 18.2 Å². The van der Waals surface area contributed by atoms with Gasteiger partial charge < -0.3 is 14.8 Å². The zero-order valence-corrected chi connectivity index (χ0v) is 8.73. The summed E-state index contributed by atoms with van der Waals surface area (Å²) in [5.74, 6) is -1.05. The summed E-state index contributed by atoms with van der Waals surface area (Å²) in [5, 5.41) is 21.2. The Morgan fingerprint density at radius 1 is 1.41 bits per heavy atom. The van der Waals surface area contributed by atoms with Crippen LogP contribution in [0.3, 0.4) is 0 Å². The predicted octanol–water partition coefficient (Wildman–Crippen LogP) is 0.680. The Morgan fingerprint density at radius 3 is 2.76 bits per heavy atom. The van der Waals surface area contributed by atoms with Crippen molar-refractivity contribution in [1.29, 1.82) is 5.41 Å². The minimum absolute atomic E-state index is 0.0506. The van der Waals surface area contributed by atoms with E-state index in [1.807, 2.05) is 0 Å². The van der Waals surface area contributed by atoms with Crippen LogP contribution in [0.2, 0.25) is 0 Å². The number of nitro groups is 1. The zero-order valence-electron chi connectivity index (χ0n) is 8.73. The van der Waals surface area contributed by atoms with Crippen LogP contribution in [0, 0.1) is 15.5 Å². The van der Waals surface area contributed by atoms with Gasteiger partial charge in [-0.05, 0) is 6.07 Å². The summed E-state index contributed by atoms with van der Waals surface area (Å²) in [4.78, 5) is 10.2. The molecule has 2 aliphatic rings. The predicted molar refractivity (Wildman–Crippen MR) is 56.6 cm³/mol. The van der Waals surface area contributed by atoms with Crippen LogP contribution in [0.1, 0.15) is 11.1 Å². The number of ether oxygens (including phenoxy) is 2. The molecule has 1 saturated heterocycles. The Hall–Kier alpha value is -1.99. The first-order valence-electron chi connectivity index (χ1n) is 5.06. The van der Waals surface area contributed by atoms with E-state index in [2.05, 4.69) is 5.32 Å². The van der Waals surface area contributed by atoms with Gasteiger partial charge in [0.25, 0.3) is 11.6 Å². The SMILES string of the molecule is N=C1NC2(OCCO2)c2ccc([N+](=O)[O-])cc21. The van der Waals surface area contributed by atoms with Gasteiger partial charge in [-0.15, -0.1) is 0 Å². The second kappa shape index (κ2) is 3.25. The van der Waals surface area contributed by atoms with Crippen molar-refractivity contribution in [2.75, 3.05) is 13.2 Å². The van der Waals surface area contributed by atoms with E-state index in [0.717, 1.165) is 0 Å². The van der Waals surface area contributed by atoms with E-state index in [4.69, 9.17) is 14.9 Å². The Bertz CT molecular complexity index is 522. The van der Waals surface area contributed by atoms with Crippen LogP contribution < -0.4 is 5.32 Å². The van der Waals surface area contributed by atoms with Gasteiger partial charge >= 0.3 is 0 Å². The van der Waals surface area contributed by atoms with Crippen molar-refractivity contribution in [2.45, 2.75) is 5.91 Å². The average molecular weight is 235 g/mol. The number of nitrogens with zero attached hydrogens (tertiary/aromatic N) is 1. The molecule has 1 spiro atoms. The molecule has 0 radical (unpaired) electrons. The second-order valence-corrected chi connectivity index (χ2v) is 3.80. The van der Waals surface area contributed by atoms with E-state index in [0.29, 0.717) is 24.3 Å². The molecule has 2 aliphatic heterocycles. The average Bonchev–Trinajstić information content (AvgIpc) is 2.87. The number of rotatable bonds is 1. The summed E-state index contributed by atoms with van der Waals surface area (Å²) in [6.45, 7) is 0.855. The molecule has 0 atom stereocenters. The normalized spacial score (nSPS) is 20.4. The number of benzene rings is 1. The van der Waals surface area contributed by atoms with Crippen molar-refractivity contribution in [1.82, 2.24) is 5.32 Å². The highest BCUT2D eigenvalue weighted by molar-refractivity contribution is 6.01. The topological polar surface area (TPSA) is 97.5 Å². The Balaban J connectivity index is 2.13. The summed E-state index contributed by atoms with van der Waals surface area (Å²) in [6.07, 6.45) is 0. The minimum Gasteiger partial charge on any atom is -0.327 e. The lowest BCUT2D eigenvalue weighted by atomic mass is 10.1. The third-order valence-corrected chi connectivity index (χ3v) is 2.82. The molecule has 0 aromatic heterocycles. The molecule has 2 N–H and O–H groups in total. The van der Waals surface area contributed by atoms with Crippen LogP contribution in [0.5, 0.6) is 0 Å². The van der Waals surface area contributed by atoms with Gasteiger partial charge in [0.15, 0.2) is 0 Å². The Labute approximate surface area is 96.0 Å². The number of nitrogens with one attached hydrogen (secondary N) is 2. The van der Waals surface area contributed by atoms with Crippen molar-refractivity contribution >= 4 is 11.5 Å². The lowest BCUT2D eigenvalue weighted by Crippen LogP contribution is -2.40. The number of nitro benzene ring substituents is 1. The molecule has 1 aromatic rings. The van der Waals surface area contributed by atoms with Gasteiger partial charge in [-0.2, -0.15) is 0 Å². The fraction of sp³-hybridized carbons (Fsp3) is 0.300. The van der Waals surface area contributed by atoms with Gasteiger partial charge in [0, 0.05) is 23.3 Å². The quantitative estimate of drug-likeness (QED) is 0.551. The van der Waals surface area contributed by atoms with E-state index in [-0.39, 0.29) is 11.5 Å². The van der Waals surface area contributed by atoms with Crippen molar-refractivity contribution < 1.29 is 14.4 Å². The van der Waals surface area contributed by atoms with Crippen LogP contribution in [-0.2, 0) is 15.4 Å². The molecule has 0 unspecified atom stereocenters. The van der Waals surface area contributed by atoms with Gasteiger partial charge in [-0.25, -0.2) is 0 Å². The highest BCUT2D eigenvalue weighted by Crippen LogP contribution is 2.37. The van der Waals surface area contributed by atoms with Gasteiger partial charge in [-0.1, -0.05) is 0 Å². The molecule has 0 amide bonds. The first-order chi connectivity index (χ1) is 8.12. The maximum atomic E-state index is 10.7. The molecule has 0 aliphatic carbocycles. The number of amidine groups is 1. The molecule has 7 nitrogen and oxygen atoms in total. The van der Waals surface area contributed by atoms with Crippen LogP contribution in [0.25, 0.3) is 0 Å². The Morgan fingerprint density at radius 2 is 2.12 bits per heavy atom. The molecule has 0 bridgehead atoms. The summed E-state index contributed by atoms with van der Waals surface area (Å²) in [5.41, 5.74) is 1.01. The van der Waals surface area contributed by atoms with E-state index < -0.39 is 10.8 Å².